The lowest BCUT2D eigenvalue weighted by Crippen LogP contribution is -2.38. The van der Waals surface area contributed by atoms with Crippen LogP contribution in [-0.2, 0) is 23.0 Å². The summed E-state index contributed by atoms with van der Waals surface area (Å²) in [7, 11) is -0.0479. The second-order valence-electron chi connectivity index (χ2n) is 7.56. The van der Waals surface area contributed by atoms with Crippen LogP contribution in [0.5, 0.6) is 5.75 Å². The maximum Gasteiger partial charge on any atom is 0.243 e. The van der Waals surface area contributed by atoms with Crippen molar-refractivity contribution in [3.8, 4) is 5.75 Å². The molecule has 0 bridgehead atoms. The molecule has 1 fully saturated rings. The number of benzene rings is 2. The van der Waals surface area contributed by atoms with Crippen LogP contribution in [0.1, 0.15) is 30.4 Å². The van der Waals surface area contributed by atoms with Gasteiger partial charge in [0.15, 0.2) is 5.96 Å². The lowest BCUT2D eigenvalue weighted by atomic mass is 10.1. The summed E-state index contributed by atoms with van der Waals surface area (Å²) in [5, 5.41) is 6.55. The summed E-state index contributed by atoms with van der Waals surface area (Å²) >= 11 is 0. The number of rotatable bonds is 8. The minimum absolute atomic E-state index is 0. The van der Waals surface area contributed by atoms with Gasteiger partial charge in [0.25, 0.3) is 0 Å². The molecule has 0 spiro atoms. The number of methoxy groups -OCH3 is 1. The summed E-state index contributed by atoms with van der Waals surface area (Å²) in [5.41, 5.74) is 2.11. The topological polar surface area (TPSA) is 83.0 Å². The van der Waals surface area contributed by atoms with Gasteiger partial charge in [-0.3, -0.25) is 4.99 Å². The van der Waals surface area contributed by atoms with Gasteiger partial charge in [-0.2, -0.15) is 4.31 Å². The molecule has 0 aliphatic carbocycles. The fourth-order valence-corrected chi connectivity index (χ4v) is 5.18. The Balaban J connectivity index is 0.00000363. The van der Waals surface area contributed by atoms with Gasteiger partial charge in [-0.25, -0.2) is 8.42 Å². The van der Waals surface area contributed by atoms with Gasteiger partial charge in [-0.1, -0.05) is 30.7 Å². The van der Waals surface area contributed by atoms with E-state index in [4.69, 9.17) is 4.74 Å². The van der Waals surface area contributed by atoms with Crippen LogP contribution in [0.25, 0.3) is 0 Å². The average Bonchev–Trinajstić information content (AvgIpc) is 2.82. The van der Waals surface area contributed by atoms with E-state index in [1.165, 1.54) is 5.56 Å². The molecule has 9 heteroatoms. The Labute approximate surface area is 208 Å². The summed E-state index contributed by atoms with van der Waals surface area (Å²) in [5.74, 6) is 1.52. The van der Waals surface area contributed by atoms with Crippen molar-refractivity contribution in [2.24, 2.45) is 4.99 Å². The number of guanidine groups is 1. The fraction of sp³-hybridized carbons (Fsp3) is 0.435. The Morgan fingerprint density at radius 2 is 1.75 bits per heavy atom. The molecule has 0 aromatic heterocycles. The van der Waals surface area contributed by atoms with Crippen molar-refractivity contribution in [1.29, 1.82) is 0 Å². The molecule has 1 aliphatic rings. The molecule has 1 aliphatic heterocycles. The van der Waals surface area contributed by atoms with Crippen molar-refractivity contribution in [2.45, 2.75) is 37.1 Å². The largest absolute Gasteiger partial charge is 0.497 e. The first-order valence-corrected chi connectivity index (χ1v) is 12.1. The molecule has 3 rings (SSSR count). The van der Waals surface area contributed by atoms with Crippen molar-refractivity contribution in [3.63, 3.8) is 0 Å². The number of hydrogen-bond acceptors (Lipinski definition) is 4. The highest BCUT2D eigenvalue weighted by Crippen LogP contribution is 2.21. The predicted octanol–water partition coefficient (Wildman–Crippen LogP) is 3.40. The third-order valence-corrected chi connectivity index (χ3v) is 7.29. The van der Waals surface area contributed by atoms with Gasteiger partial charge in [-0.05, 0) is 54.7 Å². The summed E-state index contributed by atoms with van der Waals surface area (Å²) in [6.07, 6.45) is 3.81. The van der Waals surface area contributed by atoms with Crippen LogP contribution in [0.2, 0.25) is 0 Å². The monoisotopic (exact) mass is 572 g/mol. The number of hydrogen-bond donors (Lipinski definition) is 2. The molecule has 0 radical (unpaired) electrons. The third kappa shape index (κ3) is 7.35. The van der Waals surface area contributed by atoms with Crippen LogP contribution in [0.4, 0.5) is 0 Å². The number of piperidine rings is 1. The number of ether oxygens (including phenoxy) is 1. The molecule has 0 saturated carbocycles. The lowest BCUT2D eigenvalue weighted by molar-refractivity contribution is 0.346. The van der Waals surface area contributed by atoms with Crippen LogP contribution in [0.15, 0.2) is 58.4 Å². The molecule has 176 valence electrons. The van der Waals surface area contributed by atoms with E-state index in [-0.39, 0.29) is 24.0 Å². The maximum atomic E-state index is 12.9. The molecule has 32 heavy (non-hydrogen) atoms. The van der Waals surface area contributed by atoms with E-state index in [0.717, 1.165) is 43.5 Å². The van der Waals surface area contributed by atoms with E-state index in [0.29, 0.717) is 30.5 Å². The average molecular weight is 573 g/mol. The van der Waals surface area contributed by atoms with E-state index in [1.54, 1.807) is 36.7 Å². The van der Waals surface area contributed by atoms with Crippen LogP contribution < -0.4 is 15.4 Å². The second kappa shape index (κ2) is 13.0. The smallest absolute Gasteiger partial charge is 0.243 e. The van der Waals surface area contributed by atoms with Gasteiger partial charge >= 0.3 is 0 Å². The van der Waals surface area contributed by atoms with Gasteiger partial charge in [-0.15, -0.1) is 24.0 Å². The molecule has 0 unspecified atom stereocenters. The van der Waals surface area contributed by atoms with E-state index in [9.17, 15) is 8.42 Å². The predicted molar refractivity (Wildman–Crippen MR) is 139 cm³/mol. The van der Waals surface area contributed by atoms with E-state index in [2.05, 4.69) is 15.6 Å². The zero-order chi connectivity index (χ0) is 22.1. The highest BCUT2D eigenvalue weighted by Gasteiger charge is 2.25. The fourth-order valence-electron chi connectivity index (χ4n) is 3.59. The Morgan fingerprint density at radius 3 is 2.41 bits per heavy atom. The number of halogens is 1. The maximum absolute atomic E-state index is 12.9. The van der Waals surface area contributed by atoms with Crippen molar-refractivity contribution < 1.29 is 13.2 Å². The van der Waals surface area contributed by atoms with Gasteiger partial charge in [0, 0.05) is 33.2 Å². The highest BCUT2D eigenvalue weighted by molar-refractivity contribution is 14.0. The van der Waals surface area contributed by atoms with Crippen LogP contribution in [0.3, 0.4) is 0 Å². The van der Waals surface area contributed by atoms with Gasteiger partial charge < -0.3 is 15.4 Å². The summed E-state index contributed by atoms with van der Waals surface area (Å²) < 4.78 is 32.6. The zero-order valence-corrected chi connectivity index (χ0v) is 21.9. The minimum atomic E-state index is -3.43. The molecular weight excluding hydrogens is 539 g/mol. The van der Waals surface area contributed by atoms with Gasteiger partial charge in [0.1, 0.15) is 5.75 Å². The minimum Gasteiger partial charge on any atom is -0.497 e. The normalized spacial score (nSPS) is 15.0. The molecule has 0 atom stereocenters. The first kappa shape index (κ1) is 26.4. The number of sulfonamides is 1. The Hall–Kier alpha value is -1.85. The number of aliphatic imine (C=N–C) groups is 1. The second-order valence-corrected chi connectivity index (χ2v) is 9.50. The molecule has 1 heterocycles. The first-order chi connectivity index (χ1) is 15.0. The molecule has 2 N–H and O–H groups in total. The Bertz CT molecular complexity index is 975. The van der Waals surface area contributed by atoms with E-state index < -0.39 is 10.0 Å². The molecule has 0 amide bonds. The lowest BCUT2D eigenvalue weighted by Gasteiger charge is -2.26. The van der Waals surface area contributed by atoms with Crippen molar-refractivity contribution in [2.75, 3.05) is 33.8 Å². The Morgan fingerprint density at radius 1 is 1.03 bits per heavy atom. The summed E-state index contributed by atoms with van der Waals surface area (Å²) in [6.45, 7) is 2.44. The van der Waals surface area contributed by atoms with Crippen LogP contribution in [-0.4, -0.2) is 52.5 Å². The van der Waals surface area contributed by atoms with Gasteiger partial charge in [0.05, 0.1) is 12.0 Å². The molecular formula is C23H33IN4O3S. The zero-order valence-electron chi connectivity index (χ0n) is 18.7. The highest BCUT2D eigenvalue weighted by atomic mass is 127. The molecule has 2 aromatic carbocycles. The van der Waals surface area contributed by atoms with Crippen molar-refractivity contribution >= 4 is 40.0 Å². The summed E-state index contributed by atoms with van der Waals surface area (Å²) in [6, 6.07) is 15.1. The Kier molecular flexibility index (Phi) is 10.7. The van der Waals surface area contributed by atoms with Crippen molar-refractivity contribution in [3.05, 3.63) is 59.7 Å². The van der Waals surface area contributed by atoms with Crippen LogP contribution >= 0.6 is 24.0 Å². The summed E-state index contributed by atoms with van der Waals surface area (Å²) in [4.78, 5) is 4.61. The van der Waals surface area contributed by atoms with Gasteiger partial charge in [0.2, 0.25) is 10.0 Å². The quantitative estimate of drug-likeness (QED) is 0.288. The van der Waals surface area contributed by atoms with E-state index >= 15 is 0 Å². The van der Waals surface area contributed by atoms with E-state index in [1.807, 2.05) is 30.3 Å². The first-order valence-electron chi connectivity index (χ1n) is 10.7. The standard InChI is InChI=1S/C23H32N4O3S.HI/c1-24-23(25-14-13-19-9-11-21(30-2)12-10-19)26-18-20-7-6-8-22(17-20)31(28,29)27-15-4-3-5-16-27;/h6-12,17H,3-5,13-16,18H2,1-2H3,(H2,24,25,26);1H. The third-order valence-electron chi connectivity index (χ3n) is 5.40. The number of nitrogens with one attached hydrogen (secondary N) is 2. The molecule has 1 saturated heterocycles. The SMILES string of the molecule is CN=C(NCCc1ccc(OC)cc1)NCc1cccc(S(=O)(=O)N2CCCCC2)c1.I. The molecule has 7 nitrogen and oxygen atoms in total. The molecule has 2 aromatic rings. The van der Waals surface area contributed by atoms with Crippen LogP contribution in [0, 0.1) is 0 Å². The number of nitrogens with zero attached hydrogens (tertiary/aromatic N) is 2. The van der Waals surface area contributed by atoms with Crippen molar-refractivity contribution in [1.82, 2.24) is 14.9 Å².